The van der Waals surface area contributed by atoms with Gasteiger partial charge >= 0.3 is 0 Å². The lowest BCUT2D eigenvalue weighted by atomic mass is 10.2. The fourth-order valence-electron chi connectivity index (χ4n) is 1.73. The van der Waals surface area contributed by atoms with E-state index < -0.39 is 0 Å². The largest absolute Gasteiger partial charge is 0.495 e. The number of amides is 1. The third-order valence-corrected chi connectivity index (χ3v) is 3.13. The van der Waals surface area contributed by atoms with Crippen LogP contribution in [0.3, 0.4) is 0 Å². The van der Waals surface area contributed by atoms with Crippen LogP contribution in [0.4, 0.5) is 11.5 Å². The maximum atomic E-state index is 12.0. The molecule has 2 rings (SSSR count). The maximum Gasteiger partial charge on any atom is 0.246 e. The van der Waals surface area contributed by atoms with Crippen LogP contribution >= 0.6 is 11.6 Å². The molecule has 3 N–H and O–H groups in total. The minimum absolute atomic E-state index is 0.0715. The minimum atomic E-state index is -0.229. The smallest absolute Gasteiger partial charge is 0.246 e. The number of rotatable bonds is 4. The van der Waals surface area contributed by atoms with Crippen LogP contribution in [0.5, 0.6) is 5.75 Å². The van der Waals surface area contributed by atoms with Crippen molar-refractivity contribution in [1.29, 1.82) is 0 Å². The van der Waals surface area contributed by atoms with Crippen molar-refractivity contribution in [2.24, 2.45) is 0 Å². The minimum Gasteiger partial charge on any atom is -0.495 e. The van der Waals surface area contributed by atoms with Crippen molar-refractivity contribution in [3.8, 4) is 5.75 Å². The summed E-state index contributed by atoms with van der Waals surface area (Å²) < 4.78 is 6.65. The first-order chi connectivity index (χ1) is 9.49. The zero-order valence-electron chi connectivity index (χ0n) is 11.2. The molecule has 106 valence electrons. The number of nitrogens with two attached hydrogens (primary N) is 1. The van der Waals surface area contributed by atoms with Gasteiger partial charge in [0.1, 0.15) is 18.1 Å². The number of halogens is 1. The second kappa shape index (κ2) is 5.83. The van der Waals surface area contributed by atoms with Crippen LogP contribution in [0.15, 0.2) is 24.4 Å². The van der Waals surface area contributed by atoms with Gasteiger partial charge in [0.15, 0.2) is 0 Å². The molecule has 0 aliphatic rings. The van der Waals surface area contributed by atoms with Crippen LogP contribution < -0.4 is 15.8 Å². The Balaban J connectivity index is 2.13. The normalized spacial score (nSPS) is 10.3. The molecule has 0 saturated carbocycles. The highest BCUT2D eigenvalue weighted by atomic mass is 35.5. The van der Waals surface area contributed by atoms with Gasteiger partial charge in [-0.3, -0.25) is 9.48 Å². The van der Waals surface area contributed by atoms with Crippen LogP contribution in [0, 0.1) is 6.92 Å². The van der Waals surface area contributed by atoms with Crippen molar-refractivity contribution >= 4 is 29.0 Å². The van der Waals surface area contributed by atoms with Gasteiger partial charge in [-0.25, -0.2) is 0 Å². The van der Waals surface area contributed by atoms with Crippen LogP contribution in [0.25, 0.3) is 0 Å². The van der Waals surface area contributed by atoms with E-state index in [9.17, 15) is 4.79 Å². The van der Waals surface area contributed by atoms with Gasteiger partial charge in [-0.05, 0) is 24.6 Å². The van der Waals surface area contributed by atoms with Crippen molar-refractivity contribution in [3.63, 3.8) is 0 Å². The van der Waals surface area contributed by atoms with E-state index in [4.69, 9.17) is 22.1 Å². The van der Waals surface area contributed by atoms with Gasteiger partial charge in [-0.15, -0.1) is 0 Å². The summed E-state index contributed by atoms with van der Waals surface area (Å²) in [7, 11) is 1.52. The molecular formula is C13H15ClN4O2. The first-order valence-corrected chi connectivity index (χ1v) is 6.30. The number of methoxy groups -OCH3 is 1. The molecule has 0 saturated heterocycles. The number of anilines is 2. The van der Waals surface area contributed by atoms with E-state index in [-0.39, 0.29) is 12.5 Å². The first-order valence-electron chi connectivity index (χ1n) is 5.92. The van der Waals surface area contributed by atoms with Crippen molar-refractivity contribution in [1.82, 2.24) is 9.78 Å². The summed E-state index contributed by atoms with van der Waals surface area (Å²) in [5, 5.41) is 7.29. The number of nitrogen functional groups attached to an aromatic ring is 1. The van der Waals surface area contributed by atoms with E-state index in [0.29, 0.717) is 22.3 Å². The summed E-state index contributed by atoms with van der Waals surface area (Å²) >= 11 is 6.01. The van der Waals surface area contributed by atoms with Gasteiger partial charge in [-0.1, -0.05) is 11.6 Å². The fraction of sp³-hybridized carbons (Fsp3) is 0.231. The highest BCUT2D eigenvalue weighted by Crippen LogP contribution is 2.30. The van der Waals surface area contributed by atoms with Crippen molar-refractivity contribution in [2.75, 3.05) is 18.2 Å². The third-order valence-electron chi connectivity index (χ3n) is 2.72. The second-order valence-electron chi connectivity index (χ2n) is 4.29. The van der Waals surface area contributed by atoms with Gasteiger partial charge in [0.05, 0.1) is 12.8 Å². The predicted molar refractivity (Wildman–Crippen MR) is 78.0 cm³/mol. The molecular weight excluding hydrogens is 280 g/mol. The second-order valence-corrected chi connectivity index (χ2v) is 4.70. The van der Waals surface area contributed by atoms with Crippen molar-refractivity contribution < 1.29 is 9.53 Å². The number of aromatic nitrogens is 2. The molecule has 0 unspecified atom stereocenters. The SMILES string of the molecule is COc1cc(Cl)c(C)cc1NC(=O)Cn1ccc(N)n1. The Hall–Kier alpha value is -2.21. The van der Waals surface area contributed by atoms with E-state index in [1.165, 1.54) is 11.8 Å². The molecule has 1 aromatic carbocycles. The number of carbonyl (C=O) groups excluding carboxylic acids is 1. The van der Waals surface area contributed by atoms with Gasteiger partial charge < -0.3 is 15.8 Å². The lowest BCUT2D eigenvalue weighted by Gasteiger charge is -2.12. The maximum absolute atomic E-state index is 12.0. The molecule has 1 amide bonds. The average Bonchev–Trinajstić information content (AvgIpc) is 2.78. The number of ether oxygens (including phenoxy) is 1. The zero-order chi connectivity index (χ0) is 14.7. The van der Waals surface area contributed by atoms with E-state index >= 15 is 0 Å². The molecule has 7 heteroatoms. The highest BCUT2D eigenvalue weighted by molar-refractivity contribution is 6.31. The lowest BCUT2D eigenvalue weighted by Crippen LogP contribution is -2.19. The molecule has 20 heavy (non-hydrogen) atoms. The molecule has 0 fully saturated rings. The summed E-state index contributed by atoms with van der Waals surface area (Å²) in [6.45, 7) is 1.92. The number of carbonyl (C=O) groups is 1. The number of nitrogens with zero attached hydrogens (tertiary/aromatic N) is 2. The summed E-state index contributed by atoms with van der Waals surface area (Å²) in [6.07, 6.45) is 1.64. The predicted octanol–water partition coefficient (Wildman–Crippen LogP) is 2.07. The Kier molecular flexibility index (Phi) is 4.14. The topological polar surface area (TPSA) is 82.2 Å². The average molecular weight is 295 g/mol. The van der Waals surface area contributed by atoms with Gasteiger partial charge in [0.25, 0.3) is 0 Å². The number of hydrogen-bond donors (Lipinski definition) is 2. The first kappa shape index (κ1) is 14.2. The standard InChI is InChI=1S/C13H15ClN4O2/c1-8-5-10(11(20-2)6-9(8)14)16-13(19)7-18-4-3-12(15)17-18/h3-6H,7H2,1-2H3,(H2,15,17)(H,16,19). The molecule has 0 aliphatic carbocycles. The molecule has 2 aromatic rings. The van der Waals surface area contributed by atoms with Gasteiger partial charge in [0.2, 0.25) is 5.91 Å². The van der Waals surface area contributed by atoms with Crippen LogP contribution in [-0.4, -0.2) is 22.8 Å². The molecule has 0 radical (unpaired) electrons. The van der Waals surface area contributed by atoms with Gasteiger partial charge in [-0.2, -0.15) is 5.10 Å². The monoisotopic (exact) mass is 294 g/mol. The summed E-state index contributed by atoms with van der Waals surface area (Å²) in [4.78, 5) is 12.0. The fourth-order valence-corrected chi connectivity index (χ4v) is 1.89. The Morgan fingerprint density at radius 3 is 2.90 bits per heavy atom. The Labute approximate surface area is 121 Å². The van der Waals surface area contributed by atoms with Crippen molar-refractivity contribution in [2.45, 2.75) is 13.5 Å². The number of nitrogens with one attached hydrogen (secondary N) is 1. The third kappa shape index (κ3) is 3.21. The van der Waals surface area contributed by atoms with E-state index in [2.05, 4.69) is 10.4 Å². The quantitative estimate of drug-likeness (QED) is 0.904. The molecule has 0 aliphatic heterocycles. The molecule has 1 aromatic heterocycles. The van der Waals surface area contributed by atoms with Crippen LogP contribution in [0.2, 0.25) is 5.02 Å². The number of hydrogen-bond acceptors (Lipinski definition) is 4. The Morgan fingerprint density at radius 1 is 1.55 bits per heavy atom. The Bertz CT molecular complexity index is 639. The Morgan fingerprint density at radius 2 is 2.30 bits per heavy atom. The van der Waals surface area contributed by atoms with E-state index in [1.807, 2.05) is 6.92 Å². The summed E-state index contributed by atoms with van der Waals surface area (Å²) in [6, 6.07) is 5.05. The molecule has 0 bridgehead atoms. The number of aryl methyl sites for hydroxylation is 1. The zero-order valence-corrected chi connectivity index (χ0v) is 11.9. The summed E-state index contributed by atoms with van der Waals surface area (Å²) in [5.74, 6) is 0.653. The van der Waals surface area contributed by atoms with E-state index in [1.54, 1.807) is 24.4 Å². The molecule has 1 heterocycles. The molecule has 0 spiro atoms. The van der Waals surface area contributed by atoms with E-state index in [0.717, 1.165) is 5.56 Å². The molecule has 0 atom stereocenters. The van der Waals surface area contributed by atoms with Gasteiger partial charge in [0, 0.05) is 17.3 Å². The molecule has 6 nitrogen and oxygen atoms in total. The van der Waals surface area contributed by atoms with Crippen LogP contribution in [-0.2, 0) is 11.3 Å². The lowest BCUT2D eigenvalue weighted by molar-refractivity contribution is -0.116. The van der Waals surface area contributed by atoms with Crippen LogP contribution in [0.1, 0.15) is 5.56 Å². The number of benzene rings is 1. The highest BCUT2D eigenvalue weighted by Gasteiger charge is 2.11. The summed E-state index contributed by atoms with van der Waals surface area (Å²) in [5.41, 5.74) is 6.91. The van der Waals surface area contributed by atoms with Crippen molar-refractivity contribution in [3.05, 3.63) is 35.0 Å².